The average Bonchev–Trinajstić information content (AvgIpc) is 2.27. The molecule has 0 aliphatic rings. The Morgan fingerprint density at radius 1 is 1.19 bits per heavy atom. The van der Waals surface area contributed by atoms with E-state index in [1.54, 1.807) is 0 Å². The number of carboxylic acids is 1. The Kier molecular flexibility index (Phi) is 3.89. The molecular formula is C10H9BrO5. The number of methoxy groups -OCH3 is 2. The van der Waals surface area contributed by atoms with Crippen LogP contribution in [0.25, 0.3) is 0 Å². The molecule has 0 saturated heterocycles. The highest BCUT2D eigenvalue weighted by molar-refractivity contribution is 9.10. The Bertz CT molecular complexity index is 441. The fourth-order valence-electron chi connectivity index (χ4n) is 1.15. The van der Waals surface area contributed by atoms with Crippen molar-refractivity contribution in [1.82, 2.24) is 0 Å². The standard InChI is InChI=1S/C10H9BrO5/c1-15-7-4-6(11)8(16-2)3-5(7)9(12)10(13)14/h3-4H,1-2H3,(H,13,14). The lowest BCUT2D eigenvalue weighted by Crippen LogP contribution is -2.14. The number of hydrogen-bond acceptors (Lipinski definition) is 4. The summed E-state index contributed by atoms with van der Waals surface area (Å²) in [4.78, 5) is 21.9. The third kappa shape index (κ3) is 2.33. The van der Waals surface area contributed by atoms with Crippen molar-refractivity contribution in [1.29, 1.82) is 0 Å². The summed E-state index contributed by atoms with van der Waals surface area (Å²) in [6, 6.07) is 2.80. The Hall–Kier alpha value is -1.56. The minimum Gasteiger partial charge on any atom is -0.496 e. The van der Waals surface area contributed by atoms with Crippen molar-refractivity contribution in [2.45, 2.75) is 0 Å². The first-order chi connectivity index (χ1) is 7.51. The Morgan fingerprint density at radius 3 is 2.19 bits per heavy atom. The molecule has 0 unspecified atom stereocenters. The van der Waals surface area contributed by atoms with Crippen LogP contribution in [0.3, 0.4) is 0 Å². The van der Waals surface area contributed by atoms with Gasteiger partial charge in [-0.1, -0.05) is 0 Å². The SMILES string of the molecule is COc1cc(C(=O)C(=O)O)c(OC)cc1Br. The highest BCUT2D eigenvalue weighted by Gasteiger charge is 2.21. The van der Waals surface area contributed by atoms with Crippen LogP contribution in [0.5, 0.6) is 11.5 Å². The minimum atomic E-state index is -1.54. The zero-order chi connectivity index (χ0) is 12.3. The predicted molar refractivity (Wildman–Crippen MR) is 59.2 cm³/mol. The summed E-state index contributed by atoms with van der Waals surface area (Å²) < 4.78 is 10.5. The zero-order valence-corrected chi connectivity index (χ0v) is 10.2. The summed E-state index contributed by atoms with van der Waals surface area (Å²) in [5, 5.41) is 8.63. The fourth-order valence-corrected chi connectivity index (χ4v) is 1.64. The largest absolute Gasteiger partial charge is 0.496 e. The topological polar surface area (TPSA) is 72.8 Å². The molecule has 0 amide bonds. The quantitative estimate of drug-likeness (QED) is 0.675. The van der Waals surface area contributed by atoms with Crippen LogP contribution in [-0.2, 0) is 4.79 Å². The number of halogens is 1. The van der Waals surface area contributed by atoms with Crippen LogP contribution >= 0.6 is 15.9 Å². The number of hydrogen-bond donors (Lipinski definition) is 1. The van der Waals surface area contributed by atoms with E-state index in [1.165, 1.54) is 26.4 Å². The van der Waals surface area contributed by atoms with E-state index in [2.05, 4.69) is 15.9 Å². The van der Waals surface area contributed by atoms with Gasteiger partial charge in [-0.25, -0.2) is 4.79 Å². The first kappa shape index (κ1) is 12.5. The van der Waals surface area contributed by atoms with E-state index in [0.29, 0.717) is 10.2 Å². The Morgan fingerprint density at radius 2 is 1.75 bits per heavy atom. The number of ether oxygens (including phenoxy) is 2. The van der Waals surface area contributed by atoms with Gasteiger partial charge in [-0.2, -0.15) is 0 Å². The van der Waals surface area contributed by atoms with E-state index >= 15 is 0 Å². The third-order valence-corrected chi connectivity index (χ3v) is 2.53. The highest BCUT2D eigenvalue weighted by Crippen LogP contribution is 2.32. The van der Waals surface area contributed by atoms with Gasteiger partial charge >= 0.3 is 5.97 Å². The van der Waals surface area contributed by atoms with Crippen LogP contribution < -0.4 is 9.47 Å². The van der Waals surface area contributed by atoms with Crippen molar-refractivity contribution in [2.75, 3.05) is 14.2 Å². The van der Waals surface area contributed by atoms with Gasteiger partial charge in [0.2, 0.25) is 0 Å². The number of rotatable bonds is 4. The van der Waals surface area contributed by atoms with Gasteiger partial charge in [0.15, 0.2) is 0 Å². The highest BCUT2D eigenvalue weighted by atomic mass is 79.9. The fraction of sp³-hybridized carbons (Fsp3) is 0.200. The van der Waals surface area contributed by atoms with Gasteiger partial charge in [-0.15, -0.1) is 0 Å². The number of aliphatic carboxylic acids is 1. The van der Waals surface area contributed by atoms with Crippen LogP contribution in [0.2, 0.25) is 0 Å². The molecular weight excluding hydrogens is 280 g/mol. The van der Waals surface area contributed by atoms with Gasteiger partial charge < -0.3 is 14.6 Å². The second kappa shape index (κ2) is 4.98. The molecule has 1 aromatic rings. The summed E-state index contributed by atoms with van der Waals surface area (Å²) in [6.07, 6.45) is 0. The van der Waals surface area contributed by atoms with E-state index in [0.717, 1.165) is 0 Å². The van der Waals surface area contributed by atoms with Gasteiger partial charge in [0, 0.05) is 0 Å². The molecule has 86 valence electrons. The molecule has 16 heavy (non-hydrogen) atoms. The molecule has 0 aromatic heterocycles. The molecule has 0 heterocycles. The predicted octanol–water partition coefficient (Wildman–Crippen LogP) is 1.73. The summed E-state index contributed by atoms with van der Waals surface area (Å²) in [7, 11) is 2.77. The monoisotopic (exact) mass is 288 g/mol. The molecule has 1 rings (SSSR count). The molecule has 6 heteroatoms. The van der Waals surface area contributed by atoms with E-state index in [1.807, 2.05) is 0 Å². The van der Waals surface area contributed by atoms with Crippen molar-refractivity contribution in [3.8, 4) is 11.5 Å². The molecule has 0 radical (unpaired) electrons. The second-order valence-electron chi connectivity index (χ2n) is 2.82. The van der Waals surface area contributed by atoms with Crippen LogP contribution in [0.15, 0.2) is 16.6 Å². The Balaban J connectivity index is 3.35. The molecule has 1 N–H and O–H groups in total. The minimum absolute atomic E-state index is 0.0462. The molecule has 5 nitrogen and oxygen atoms in total. The summed E-state index contributed by atoms with van der Waals surface area (Å²) in [5.41, 5.74) is -0.0462. The van der Waals surface area contributed by atoms with Gasteiger partial charge in [-0.3, -0.25) is 4.79 Å². The lowest BCUT2D eigenvalue weighted by atomic mass is 10.1. The number of benzene rings is 1. The van der Waals surface area contributed by atoms with Crippen LogP contribution in [0.1, 0.15) is 10.4 Å². The summed E-state index contributed by atoms with van der Waals surface area (Å²) in [5.74, 6) is -2.03. The number of Topliss-reactive ketones (excluding diaryl/α,β-unsaturated/α-hetero) is 1. The maximum absolute atomic E-state index is 11.4. The van der Waals surface area contributed by atoms with E-state index in [9.17, 15) is 9.59 Å². The molecule has 0 saturated carbocycles. The number of carbonyl (C=O) groups excluding carboxylic acids is 1. The number of carbonyl (C=O) groups is 2. The van der Waals surface area contributed by atoms with E-state index in [4.69, 9.17) is 14.6 Å². The molecule has 0 atom stereocenters. The van der Waals surface area contributed by atoms with Crippen molar-refractivity contribution in [3.05, 3.63) is 22.2 Å². The average molecular weight is 289 g/mol. The van der Waals surface area contributed by atoms with E-state index < -0.39 is 11.8 Å². The normalized spacial score (nSPS) is 9.69. The van der Waals surface area contributed by atoms with Crippen molar-refractivity contribution < 1.29 is 24.2 Å². The van der Waals surface area contributed by atoms with Crippen LogP contribution in [0.4, 0.5) is 0 Å². The maximum Gasteiger partial charge on any atom is 0.377 e. The van der Waals surface area contributed by atoms with Gasteiger partial charge in [0.25, 0.3) is 5.78 Å². The number of ketones is 1. The molecule has 1 aromatic carbocycles. The first-order valence-electron chi connectivity index (χ1n) is 4.20. The third-order valence-electron chi connectivity index (χ3n) is 1.91. The second-order valence-corrected chi connectivity index (χ2v) is 3.68. The van der Waals surface area contributed by atoms with Crippen LogP contribution in [0, 0.1) is 0 Å². The summed E-state index contributed by atoms with van der Waals surface area (Å²) in [6.45, 7) is 0. The van der Waals surface area contributed by atoms with Gasteiger partial charge in [0.05, 0.1) is 24.3 Å². The molecule has 0 bridgehead atoms. The molecule has 0 fully saturated rings. The van der Waals surface area contributed by atoms with Crippen LogP contribution in [-0.4, -0.2) is 31.1 Å². The zero-order valence-electron chi connectivity index (χ0n) is 8.61. The van der Waals surface area contributed by atoms with E-state index in [-0.39, 0.29) is 11.3 Å². The smallest absolute Gasteiger partial charge is 0.377 e. The molecule has 0 aliphatic carbocycles. The van der Waals surface area contributed by atoms with Gasteiger partial charge in [0.1, 0.15) is 11.5 Å². The van der Waals surface area contributed by atoms with Crippen molar-refractivity contribution in [2.24, 2.45) is 0 Å². The molecule has 0 spiro atoms. The first-order valence-corrected chi connectivity index (χ1v) is 4.99. The molecule has 0 aliphatic heterocycles. The van der Waals surface area contributed by atoms with Crippen molar-refractivity contribution >= 4 is 27.7 Å². The Labute approximate surface area is 100 Å². The summed E-state index contributed by atoms with van der Waals surface area (Å²) >= 11 is 3.20. The van der Waals surface area contributed by atoms with Crippen molar-refractivity contribution in [3.63, 3.8) is 0 Å². The number of carboxylic acid groups (broad SMARTS) is 1. The van der Waals surface area contributed by atoms with Gasteiger partial charge in [-0.05, 0) is 28.1 Å². The maximum atomic E-state index is 11.4. The lowest BCUT2D eigenvalue weighted by molar-refractivity contribution is -0.131. The lowest BCUT2D eigenvalue weighted by Gasteiger charge is -2.09.